The number of unbranched alkanes of at least 4 members (excludes halogenated alkanes) is 6. The highest BCUT2D eigenvalue weighted by atomic mass is 32.2. The van der Waals surface area contributed by atoms with Crippen molar-refractivity contribution in [2.45, 2.75) is 90.2 Å². The van der Waals surface area contributed by atoms with E-state index in [9.17, 15) is 13.0 Å². The number of allylic oxidation sites excluding steroid dienone is 3. The molecule has 1 N–H and O–H groups in total. The first-order valence-electron chi connectivity index (χ1n) is 9.54. The summed E-state index contributed by atoms with van der Waals surface area (Å²) in [7, 11) is -4.08. The molecule has 0 amide bonds. The molecule has 0 saturated heterocycles. The monoisotopic (exact) mass is 356 g/mol. The van der Waals surface area contributed by atoms with E-state index in [0.717, 1.165) is 18.8 Å². The Morgan fingerprint density at radius 2 is 1.62 bits per heavy atom. The lowest BCUT2D eigenvalue weighted by atomic mass is 9.86. The Morgan fingerprint density at radius 3 is 2.12 bits per heavy atom. The first-order chi connectivity index (χ1) is 11.2. The van der Waals surface area contributed by atoms with Crippen molar-refractivity contribution in [1.82, 2.24) is 0 Å². The molecule has 0 fully saturated rings. The molecule has 140 valence electrons. The van der Waals surface area contributed by atoms with Crippen LogP contribution in [-0.4, -0.2) is 17.7 Å². The first kappa shape index (κ1) is 21.4. The largest absolute Gasteiger partial charge is 0.285 e. The van der Waals surface area contributed by atoms with Gasteiger partial charge < -0.3 is 0 Å². The summed E-state index contributed by atoms with van der Waals surface area (Å²) in [4.78, 5) is 0. The van der Waals surface area contributed by atoms with Crippen molar-refractivity contribution in [3.05, 3.63) is 23.8 Å². The van der Waals surface area contributed by atoms with Crippen molar-refractivity contribution in [3.8, 4) is 0 Å². The molecule has 0 bridgehead atoms. The maximum atomic E-state index is 11.5. The molecule has 2 unspecified atom stereocenters. The van der Waals surface area contributed by atoms with E-state index in [1.54, 1.807) is 13.0 Å². The minimum Gasteiger partial charge on any atom is -0.285 e. The predicted molar refractivity (Wildman–Crippen MR) is 103 cm³/mol. The number of rotatable bonds is 11. The first-order valence-corrected chi connectivity index (χ1v) is 11.0. The second-order valence-corrected chi connectivity index (χ2v) is 9.76. The Hall–Kier alpha value is -0.610. The van der Waals surface area contributed by atoms with Crippen LogP contribution in [0.1, 0.15) is 85.5 Å². The van der Waals surface area contributed by atoms with Gasteiger partial charge >= 0.3 is 0 Å². The van der Waals surface area contributed by atoms with Gasteiger partial charge in [0.25, 0.3) is 10.1 Å². The van der Waals surface area contributed by atoms with Crippen LogP contribution in [0.4, 0.5) is 0 Å². The molecule has 3 nitrogen and oxygen atoms in total. The molecule has 24 heavy (non-hydrogen) atoms. The topological polar surface area (TPSA) is 54.4 Å². The van der Waals surface area contributed by atoms with Crippen molar-refractivity contribution >= 4 is 10.1 Å². The molecule has 1 rings (SSSR count). The van der Waals surface area contributed by atoms with Gasteiger partial charge in [-0.25, -0.2) is 0 Å². The quantitative estimate of drug-likeness (QED) is 0.368. The molecule has 0 spiro atoms. The van der Waals surface area contributed by atoms with Gasteiger partial charge in [0.1, 0.15) is 4.75 Å². The van der Waals surface area contributed by atoms with Crippen molar-refractivity contribution in [2.24, 2.45) is 11.8 Å². The van der Waals surface area contributed by atoms with Gasteiger partial charge in [-0.1, -0.05) is 89.5 Å². The maximum absolute atomic E-state index is 11.5. The van der Waals surface area contributed by atoms with Crippen LogP contribution in [0.25, 0.3) is 0 Å². The second kappa shape index (κ2) is 9.76. The highest BCUT2D eigenvalue weighted by Crippen LogP contribution is 2.34. The van der Waals surface area contributed by atoms with E-state index in [0.29, 0.717) is 0 Å². The van der Waals surface area contributed by atoms with E-state index in [4.69, 9.17) is 0 Å². The van der Waals surface area contributed by atoms with Crippen molar-refractivity contribution in [2.75, 3.05) is 0 Å². The van der Waals surface area contributed by atoms with Crippen molar-refractivity contribution in [1.29, 1.82) is 0 Å². The average molecular weight is 357 g/mol. The summed E-state index contributed by atoms with van der Waals surface area (Å²) in [5.74, 6) is 0.625. The van der Waals surface area contributed by atoms with Gasteiger partial charge in [-0.3, -0.25) is 4.55 Å². The Labute approximate surface area is 149 Å². The minimum atomic E-state index is -4.08. The summed E-state index contributed by atoms with van der Waals surface area (Å²) in [6.07, 6.45) is 16.9. The van der Waals surface area contributed by atoms with Crippen LogP contribution in [0.5, 0.6) is 0 Å². The van der Waals surface area contributed by atoms with Gasteiger partial charge in [0.15, 0.2) is 0 Å². The van der Waals surface area contributed by atoms with Gasteiger partial charge in [-0.15, -0.1) is 0 Å². The molecule has 0 aromatic heterocycles. The standard InChI is InChI=1S/C20H36O3S/c1-17(2)12-10-8-6-5-7-9-11-13-19-14-15-20(4,18(3)16-19)24(21,22)23/h14-18H,5-13H2,1-4H3,(H,21,22,23). The molecule has 0 radical (unpaired) electrons. The molecular formula is C20H36O3S. The fourth-order valence-electron chi connectivity index (χ4n) is 3.22. The fraction of sp³-hybridized carbons (Fsp3) is 0.800. The van der Waals surface area contributed by atoms with E-state index in [1.165, 1.54) is 50.5 Å². The van der Waals surface area contributed by atoms with Gasteiger partial charge in [-0.05, 0) is 31.6 Å². The highest BCUT2D eigenvalue weighted by Gasteiger charge is 2.41. The van der Waals surface area contributed by atoms with Gasteiger partial charge in [0.05, 0.1) is 0 Å². The van der Waals surface area contributed by atoms with E-state index in [2.05, 4.69) is 13.8 Å². The van der Waals surface area contributed by atoms with E-state index in [1.807, 2.05) is 19.1 Å². The van der Waals surface area contributed by atoms with E-state index >= 15 is 0 Å². The molecule has 0 aromatic carbocycles. The van der Waals surface area contributed by atoms with Crippen LogP contribution >= 0.6 is 0 Å². The second-order valence-electron chi connectivity index (χ2n) is 7.93. The van der Waals surface area contributed by atoms with Crippen LogP contribution < -0.4 is 0 Å². The lowest BCUT2D eigenvalue weighted by Crippen LogP contribution is -2.40. The predicted octanol–water partition coefficient (Wildman–Crippen LogP) is 5.93. The molecule has 2 atom stereocenters. The SMILES string of the molecule is CC(C)CCCCCCCCCC1=CC(C)C(C)(S(=O)(=O)O)C=C1. The molecular weight excluding hydrogens is 320 g/mol. The van der Waals surface area contributed by atoms with Crippen molar-refractivity contribution < 1.29 is 13.0 Å². The van der Waals surface area contributed by atoms with Gasteiger partial charge in [0, 0.05) is 0 Å². The van der Waals surface area contributed by atoms with Crippen LogP contribution in [0.15, 0.2) is 23.8 Å². The summed E-state index contributed by atoms with van der Waals surface area (Å²) in [5, 5.41) is 0. The van der Waals surface area contributed by atoms with Crippen LogP contribution in [-0.2, 0) is 10.1 Å². The summed E-state index contributed by atoms with van der Waals surface area (Å²) >= 11 is 0. The lowest BCUT2D eigenvalue weighted by molar-refractivity contribution is 0.425. The zero-order valence-electron chi connectivity index (χ0n) is 15.9. The molecule has 0 heterocycles. The smallest absolute Gasteiger partial charge is 0.274 e. The van der Waals surface area contributed by atoms with Crippen LogP contribution in [0.2, 0.25) is 0 Å². The summed E-state index contributed by atoms with van der Waals surface area (Å²) in [5.41, 5.74) is 1.19. The molecule has 4 heteroatoms. The molecule has 0 aliphatic heterocycles. The van der Waals surface area contributed by atoms with Gasteiger partial charge in [-0.2, -0.15) is 8.42 Å². The zero-order valence-corrected chi connectivity index (χ0v) is 16.7. The highest BCUT2D eigenvalue weighted by molar-refractivity contribution is 7.87. The molecule has 0 saturated carbocycles. The number of hydrogen-bond acceptors (Lipinski definition) is 2. The van der Waals surface area contributed by atoms with E-state index < -0.39 is 14.9 Å². The molecule has 0 aromatic rings. The summed E-state index contributed by atoms with van der Waals surface area (Å²) in [6.45, 7) is 8.01. The zero-order chi connectivity index (χ0) is 18.2. The third kappa shape index (κ3) is 6.72. The minimum absolute atomic E-state index is 0.201. The maximum Gasteiger partial charge on any atom is 0.274 e. The van der Waals surface area contributed by atoms with Crippen LogP contribution in [0, 0.1) is 11.8 Å². The average Bonchev–Trinajstić information content (AvgIpc) is 2.47. The normalized spacial score (nSPS) is 24.4. The Morgan fingerprint density at radius 1 is 1.08 bits per heavy atom. The third-order valence-electron chi connectivity index (χ3n) is 5.30. The Kier molecular flexibility index (Phi) is 8.72. The Balaban J connectivity index is 2.19. The fourth-order valence-corrected chi connectivity index (χ4v) is 4.00. The van der Waals surface area contributed by atoms with Gasteiger partial charge in [0.2, 0.25) is 0 Å². The van der Waals surface area contributed by atoms with E-state index in [-0.39, 0.29) is 5.92 Å². The van der Waals surface area contributed by atoms with Crippen molar-refractivity contribution in [3.63, 3.8) is 0 Å². The van der Waals surface area contributed by atoms with Crippen LogP contribution in [0.3, 0.4) is 0 Å². The number of hydrogen-bond donors (Lipinski definition) is 1. The Bertz CT molecular complexity index is 531. The summed E-state index contributed by atoms with van der Waals surface area (Å²) in [6, 6.07) is 0. The molecule has 1 aliphatic carbocycles. The third-order valence-corrected chi connectivity index (χ3v) is 6.92. The molecule has 1 aliphatic rings. The lowest BCUT2D eigenvalue weighted by Gasteiger charge is -2.31. The summed E-state index contributed by atoms with van der Waals surface area (Å²) < 4.78 is 31.3.